The number of phenols is 1. The molecule has 1 unspecified atom stereocenters. The Morgan fingerprint density at radius 3 is 2.60 bits per heavy atom. The first-order valence-corrected chi connectivity index (χ1v) is 17.0. The third kappa shape index (κ3) is 7.71. The summed E-state index contributed by atoms with van der Waals surface area (Å²) in [7, 11) is 2.10. The van der Waals surface area contributed by atoms with Gasteiger partial charge in [-0.1, -0.05) is 79.9 Å². The van der Waals surface area contributed by atoms with Crippen molar-refractivity contribution in [3.05, 3.63) is 129 Å². The fraction of sp³-hybridized carbons (Fsp3) is 0.385. The van der Waals surface area contributed by atoms with Gasteiger partial charge < -0.3 is 34.9 Å². The molecule has 9 heteroatoms. The molecule has 1 aliphatic carbocycles. The molecule has 5 aromatic rings. The molecule has 2 heterocycles. The number of H-pyrrole nitrogens is 1. The number of aromatic hydroxyl groups is 1. The number of oxazole rings is 1. The van der Waals surface area contributed by atoms with E-state index in [1.165, 1.54) is 29.7 Å². The monoisotopic (exact) mass is 650 g/mol. The highest BCUT2D eigenvalue weighted by molar-refractivity contribution is 5.87. The van der Waals surface area contributed by atoms with E-state index < -0.39 is 11.7 Å². The SMILES string of the molecule is CN(CCc1cnc(C(O)(c2ccccc2)C2CCCCC2)o1)Cc1cccc(CCNC[C@H](O)c2ccc(O)c3[nH]c(=O)ccc23)c1. The van der Waals surface area contributed by atoms with Crippen LogP contribution in [-0.4, -0.2) is 56.9 Å². The zero-order chi connectivity index (χ0) is 33.5. The topological polar surface area (TPSA) is 135 Å². The van der Waals surface area contributed by atoms with Crippen molar-refractivity contribution in [3.63, 3.8) is 0 Å². The molecule has 0 saturated heterocycles. The van der Waals surface area contributed by atoms with E-state index in [2.05, 4.69) is 51.5 Å². The molecule has 6 rings (SSSR count). The minimum absolute atomic E-state index is 0.0225. The number of rotatable bonds is 14. The molecule has 3 aromatic carbocycles. The summed E-state index contributed by atoms with van der Waals surface area (Å²) in [5.41, 5.74) is 2.72. The van der Waals surface area contributed by atoms with Crippen molar-refractivity contribution in [1.82, 2.24) is 20.2 Å². The number of benzene rings is 3. The zero-order valence-electron chi connectivity index (χ0n) is 27.6. The van der Waals surface area contributed by atoms with Gasteiger partial charge in [0.05, 0.1) is 17.8 Å². The summed E-state index contributed by atoms with van der Waals surface area (Å²) in [6.07, 6.45) is 7.84. The van der Waals surface area contributed by atoms with Crippen molar-refractivity contribution < 1.29 is 19.7 Å². The summed E-state index contributed by atoms with van der Waals surface area (Å²) in [5, 5.41) is 37.0. The van der Waals surface area contributed by atoms with Crippen LogP contribution in [0.1, 0.15) is 72.1 Å². The predicted octanol–water partition coefficient (Wildman–Crippen LogP) is 5.58. The second kappa shape index (κ2) is 15.3. The summed E-state index contributed by atoms with van der Waals surface area (Å²) in [6, 6.07) is 24.6. The number of likely N-dealkylation sites (N-methyl/N-ethyl adjacent to an activating group) is 1. The van der Waals surface area contributed by atoms with E-state index in [0.29, 0.717) is 41.9 Å². The second-order valence-corrected chi connectivity index (χ2v) is 13.2. The Hall–Kier alpha value is -4.28. The van der Waals surface area contributed by atoms with Crippen LogP contribution in [-0.2, 0) is 25.0 Å². The molecule has 0 bridgehead atoms. The highest BCUT2D eigenvalue weighted by Gasteiger charge is 2.44. The minimum Gasteiger partial charge on any atom is -0.506 e. The second-order valence-electron chi connectivity index (χ2n) is 13.2. The van der Waals surface area contributed by atoms with Gasteiger partial charge in [-0.2, -0.15) is 0 Å². The molecule has 1 saturated carbocycles. The quantitative estimate of drug-likeness (QED) is 0.0984. The molecule has 2 atom stereocenters. The number of fused-ring (bicyclic) bond motifs is 1. The van der Waals surface area contributed by atoms with Crippen LogP contribution < -0.4 is 10.9 Å². The molecule has 0 amide bonds. The lowest BCUT2D eigenvalue weighted by molar-refractivity contribution is -0.0239. The third-order valence-electron chi connectivity index (χ3n) is 9.67. The molecule has 2 aromatic heterocycles. The first kappa shape index (κ1) is 33.6. The number of nitrogens with zero attached hydrogens (tertiary/aromatic N) is 2. The minimum atomic E-state index is -1.22. The van der Waals surface area contributed by atoms with E-state index >= 15 is 0 Å². The third-order valence-corrected chi connectivity index (χ3v) is 9.67. The number of nitrogens with one attached hydrogen (secondary N) is 2. The van der Waals surface area contributed by atoms with E-state index in [4.69, 9.17) is 4.42 Å². The molecule has 1 aliphatic rings. The first-order valence-electron chi connectivity index (χ1n) is 17.0. The molecule has 5 N–H and O–H groups in total. The van der Waals surface area contributed by atoms with Crippen LogP contribution in [0.15, 0.2) is 94.3 Å². The van der Waals surface area contributed by atoms with Crippen molar-refractivity contribution in [2.45, 2.75) is 63.2 Å². The van der Waals surface area contributed by atoms with Gasteiger partial charge in [-0.15, -0.1) is 0 Å². The number of pyridine rings is 1. The predicted molar refractivity (Wildman–Crippen MR) is 187 cm³/mol. The Labute approximate surface area is 281 Å². The van der Waals surface area contributed by atoms with Gasteiger partial charge in [0.2, 0.25) is 11.4 Å². The maximum absolute atomic E-state index is 12.1. The van der Waals surface area contributed by atoms with Crippen LogP contribution in [0.4, 0.5) is 0 Å². The van der Waals surface area contributed by atoms with Gasteiger partial charge in [0.25, 0.3) is 0 Å². The van der Waals surface area contributed by atoms with E-state index in [9.17, 15) is 20.1 Å². The van der Waals surface area contributed by atoms with Gasteiger partial charge in [-0.3, -0.25) is 4.79 Å². The van der Waals surface area contributed by atoms with E-state index in [1.54, 1.807) is 18.3 Å². The van der Waals surface area contributed by atoms with Crippen molar-refractivity contribution in [3.8, 4) is 5.75 Å². The van der Waals surface area contributed by atoms with Crippen LogP contribution in [0.25, 0.3) is 10.9 Å². The summed E-state index contributed by atoms with van der Waals surface area (Å²) in [5.74, 6) is 1.24. The number of aliphatic hydroxyl groups excluding tert-OH is 1. The average Bonchev–Trinajstić information content (AvgIpc) is 3.60. The number of aromatic amines is 1. The Morgan fingerprint density at radius 2 is 1.79 bits per heavy atom. The molecule has 0 aliphatic heterocycles. The Morgan fingerprint density at radius 1 is 1.00 bits per heavy atom. The maximum Gasteiger partial charge on any atom is 0.248 e. The summed E-state index contributed by atoms with van der Waals surface area (Å²) in [4.78, 5) is 21.2. The fourth-order valence-electron chi connectivity index (χ4n) is 7.05. The largest absolute Gasteiger partial charge is 0.506 e. The van der Waals surface area contributed by atoms with E-state index in [-0.39, 0.29) is 17.2 Å². The van der Waals surface area contributed by atoms with Crippen LogP contribution in [0, 0.1) is 5.92 Å². The lowest BCUT2D eigenvalue weighted by Crippen LogP contribution is -2.38. The van der Waals surface area contributed by atoms with Gasteiger partial charge in [0.15, 0.2) is 5.60 Å². The van der Waals surface area contributed by atoms with Gasteiger partial charge in [-0.05, 0) is 67.2 Å². The van der Waals surface area contributed by atoms with E-state index in [0.717, 1.165) is 56.5 Å². The standard InChI is InChI=1S/C39H46N4O5/c1-43(22-20-31-24-41-38(48-31)39(47,29-11-4-2-5-12-29)30-13-6-3-7-14-30)26-28-10-8-9-27(23-28)19-21-40-25-35(45)32-15-17-34(44)37-33(32)16-18-36(46)42-37/h2,4-5,8-12,15-18,23-24,30,35,40,44-45,47H,3,6-7,13-14,19-22,25-26H2,1H3,(H,42,46)/t35-,39?/m0/s1. The van der Waals surface area contributed by atoms with Crippen molar-refractivity contribution in [2.75, 3.05) is 26.7 Å². The Kier molecular flexibility index (Phi) is 10.7. The average molecular weight is 651 g/mol. The van der Waals surface area contributed by atoms with Crippen molar-refractivity contribution in [1.29, 1.82) is 0 Å². The molecular formula is C39H46N4O5. The van der Waals surface area contributed by atoms with Crippen LogP contribution >= 0.6 is 0 Å². The van der Waals surface area contributed by atoms with Crippen LogP contribution in [0.5, 0.6) is 5.75 Å². The lowest BCUT2D eigenvalue weighted by atomic mass is 9.73. The molecule has 0 radical (unpaired) electrons. The Balaban J connectivity index is 0.999. The molecule has 9 nitrogen and oxygen atoms in total. The number of hydrogen-bond acceptors (Lipinski definition) is 8. The van der Waals surface area contributed by atoms with Gasteiger partial charge >= 0.3 is 0 Å². The summed E-state index contributed by atoms with van der Waals surface area (Å²) in [6.45, 7) is 2.60. The first-order chi connectivity index (χ1) is 23.3. The highest BCUT2D eigenvalue weighted by Crippen LogP contribution is 2.43. The maximum atomic E-state index is 12.1. The van der Waals surface area contributed by atoms with E-state index in [1.807, 2.05) is 30.3 Å². The molecule has 252 valence electrons. The van der Waals surface area contributed by atoms with Gasteiger partial charge in [0, 0.05) is 43.4 Å². The summed E-state index contributed by atoms with van der Waals surface area (Å²) >= 11 is 0. The normalized spacial score (nSPS) is 15.9. The number of phenolic OH excluding ortho intramolecular Hbond substituents is 1. The highest BCUT2D eigenvalue weighted by atomic mass is 16.4. The van der Waals surface area contributed by atoms with Crippen molar-refractivity contribution >= 4 is 10.9 Å². The number of hydrogen-bond donors (Lipinski definition) is 5. The van der Waals surface area contributed by atoms with Gasteiger partial charge in [-0.25, -0.2) is 4.98 Å². The zero-order valence-corrected chi connectivity index (χ0v) is 27.6. The molecule has 0 spiro atoms. The van der Waals surface area contributed by atoms with Gasteiger partial charge in [0.1, 0.15) is 11.5 Å². The van der Waals surface area contributed by atoms with Crippen LogP contribution in [0.3, 0.4) is 0 Å². The molecule has 1 fully saturated rings. The number of aromatic nitrogens is 2. The fourth-order valence-corrected chi connectivity index (χ4v) is 7.05. The van der Waals surface area contributed by atoms with Crippen molar-refractivity contribution in [2.24, 2.45) is 5.92 Å². The lowest BCUT2D eigenvalue weighted by Gasteiger charge is -2.36. The smallest absolute Gasteiger partial charge is 0.248 e. The number of aliphatic hydroxyl groups is 2. The van der Waals surface area contributed by atoms with Crippen LogP contribution in [0.2, 0.25) is 0 Å². The molecule has 48 heavy (non-hydrogen) atoms. The Bertz CT molecular complexity index is 1850. The summed E-state index contributed by atoms with van der Waals surface area (Å²) < 4.78 is 6.27. The molecular weight excluding hydrogens is 604 g/mol.